The minimum atomic E-state index is -4.11. The number of carboxylic acid groups (broad SMARTS) is 1. The first-order chi connectivity index (χ1) is 19.6. The fourth-order valence-corrected chi connectivity index (χ4v) is 6.17. The molecule has 0 aliphatic heterocycles. The Morgan fingerprint density at radius 3 is 2.15 bits per heavy atom. The smallest absolute Gasteiger partial charge is 0.322 e. The minimum Gasteiger partial charge on any atom is -0.480 e. The topological polar surface area (TPSA) is 92.5 Å². The number of aliphatic carboxylic acids is 1. The van der Waals surface area contributed by atoms with Crippen LogP contribution < -0.4 is 0 Å². The molecule has 0 fully saturated rings. The summed E-state index contributed by atoms with van der Waals surface area (Å²) in [5.74, 6) is -1.22. The lowest BCUT2D eigenvalue weighted by molar-refractivity contribution is -0.141. The van der Waals surface area contributed by atoms with Gasteiger partial charge in [0.05, 0.1) is 22.0 Å². The van der Waals surface area contributed by atoms with Crippen molar-refractivity contribution in [2.45, 2.75) is 17.4 Å². The molecule has 4 aromatic carbocycles. The van der Waals surface area contributed by atoms with Crippen molar-refractivity contribution in [3.63, 3.8) is 0 Å². The van der Waals surface area contributed by atoms with Gasteiger partial charge in [0.25, 0.3) is 0 Å². The summed E-state index contributed by atoms with van der Waals surface area (Å²) >= 11 is 9.55. The average molecular weight is 651 g/mol. The van der Waals surface area contributed by atoms with Gasteiger partial charge in [0, 0.05) is 27.7 Å². The van der Waals surface area contributed by atoms with Gasteiger partial charge in [0.2, 0.25) is 10.0 Å². The highest BCUT2D eigenvalue weighted by molar-refractivity contribution is 9.10. The third kappa shape index (κ3) is 6.28. The molecule has 0 saturated heterocycles. The Morgan fingerprint density at radius 1 is 0.927 bits per heavy atom. The Kier molecular flexibility index (Phi) is 8.42. The van der Waals surface area contributed by atoms with Crippen molar-refractivity contribution in [2.24, 2.45) is 0 Å². The number of carbonyl (C=O) groups is 1. The quantitative estimate of drug-likeness (QED) is 0.187. The summed E-state index contributed by atoms with van der Waals surface area (Å²) in [6.07, 6.45) is 0.0430. The molecule has 0 bridgehead atoms. The fourth-order valence-electron chi connectivity index (χ4n) is 4.47. The Labute approximate surface area is 251 Å². The molecule has 0 unspecified atom stereocenters. The SMILES string of the molecule is CN([C@@H](Cc1ccccc1)C(=O)O)S(=O)(=O)c1ccc(-n2nc(-c3ccc(Cl)cc3)cc2-c2ccc(Br)cc2)cc1. The van der Waals surface area contributed by atoms with Crippen molar-refractivity contribution < 1.29 is 18.3 Å². The molecule has 0 aliphatic rings. The van der Waals surface area contributed by atoms with E-state index in [1.54, 1.807) is 53.2 Å². The molecular formula is C31H25BrClN3O4S. The Bertz CT molecular complexity index is 1770. The molecule has 0 spiro atoms. The second-order valence-electron chi connectivity index (χ2n) is 9.40. The third-order valence-corrected chi connectivity index (χ3v) is 9.40. The number of sulfonamides is 1. The Morgan fingerprint density at radius 2 is 1.54 bits per heavy atom. The van der Waals surface area contributed by atoms with Gasteiger partial charge in [-0.25, -0.2) is 13.1 Å². The molecule has 7 nitrogen and oxygen atoms in total. The van der Waals surface area contributed by atoms with Gasteiger partial charge < -0.3 is 5.11 Å². The summed E-state index contributed by atoms with van der Waals surface area (Å²) < 4.78 is 30.6. The fraction of sp³-hybridized carbons (Fsp3) is 0.0968. The second-order valence-corrected chi connectivity index (χ2v) is 12.7. The summed E-state index contributed by atoms with van der Waals surface area (Å²) in [4.78, 5) is 12.1. The van der Waals surface area contributed by atoms with E-state index in [1.165, 1.54) is 19.2 Å². The molecule has 10 heteroatoms. The van der Waals surface area contributed by atoms with E-state index in [0.29, 0.717) is 10.7 Å². The van der Waals surface area contributed by atoms with Crippen LogP contribution in [0.4, 0.5) is 0 Å². The predicted octanol–water partition coefficient (Wildman–Crippen LogP) is 6.94. The first kappa shape index (κ1) is 28.8. The van der Waals surface area contributed by atoms with Crippen LogP contribution >= 0.6 is 27.5 Å². The number of carboxylic acids is 1. The summed E-state index contributed by atoms with van der Waals surface area (Å²) in [5, 5.41) is 15.3. The zero-order valence-electron chi connectivity index (χ0n) is 21.9. The van der Waals surface area contributed by atoms with Gasteiger partial charge in [-0.15, -0.1) is 0 Å². The lowest BCUT2D eigenvalue weighted by Crippen LogP contribution is -2.43. The normalized spacial score (nSPS) is 12.4. The first-order valence-electron chi connectivity index (χ1n) is 12.6. The van der Waals surface area contributed by atoms with Gasteiger partial charge >= 0.3 is 5.97 Å². The van der Waals surface area contributed by atoms with E-state index in [1.807, 2.05) is 48.5 Å². The van der Waals surface area contributed by atoms with E-state index < -0.39 is 22.0 Å². The molecule has 208 valence electrons. The molecular weight excluding hydrogens is 626 g/mol. The first-order valence-corrected chi connectivity index (χ1v) is 15.2. The third-order valence-electron chi connectivity index (χ3n) is 6.74. The summed E-state index contributed by atoms with van der Waals surface area (Å²) in [6.45, 7) is 0. The van der Waals surface area contributed by atoms with E-state index in [-0.39, 0.29) is 11.3 Å². The molecule has 1 aromatic heterocycles. The molecule has 5 aromatic rings. The highest BCUT2D eigenvalue weighted by atomic mass is 79.9. The average Bonchev–Trinajstić information content (AvgIpc) is 3.42. The van der Waals surface area contributed by atoms with Gasteiger partial charge in [-0.3, -0.25) is 4.79 Å². The van der Waals surface area contributed by atoms with Crippen molar-refractivity contribution in [3.05, 3.63) is 124 Å². The zero-order chi connectivity index (χ0) is 29.1. The van der Waals surface area contributed by atoms with Crippen molar-refractivity contribution in [2.75, 3.05) is 7.05 Å². The predicted molar refractivity (Wildman–Crippen MR) is 164 cm³/mol. The number of hydrogen-bond donors (Lipinski definition) is 1. The molecule has 1 heterocycles. The maximum Gasteiger partial charge on any atom is 0.322 e. The molecule has 5 rings (SSSR count). The van der Waals surface area contributed by atoms with E-state index >= 15 is 0 Å². The van der Waals surface area contributed by atoms with Crippen LogP contribution in [0.1, 0.15) is 5.56 Å². The number of nitrogens with zero attached hydrogens (tertiary/aromatic N) is 3. The van der Waals surface area contributed by atoms with Crippen LogP contribution in [0.15, 0.2) is 119 Å². The molecule has 0 aliphatic carbocycles. The van der Waals surface area contributed by atoms with Crippen molar-refractivity contribution in [1.29, 1.82) is 0 Å². The Balaban J connectivity index is 1.49. The van der Waals surface area contributed by atoms with Crippen molar-refractivity contribution in [3.8, 4) is 28.2 Å². The highest BCUT2D eigenvalue weighted by Crippen LogP contribution is 2.31. The number of rotatable bonds is 9. The molecule has 0 amide bonds. The van der Waals surface area contributed by atoms with E-state index in [9.17, 15) is 18.3 Å². The maximum absolute atomic E-state index is 13.5. The van der Waals surface area contributed by atoms with Crippen molar-refractivity contribution >= 4 is 43.5 Å². The summed E-state index contributed by atoms with van der Waals surface area (Å²) in [5.41, 5.74) is 4.70. The molecule has 0 saturated carbocycles. The highest BCUT2D eigenvalue weighted by Gasteiger charge is 2.33. The lowest BCUT2D eigenvalue weighted by Gasteiger charge is -2.24. The molecule has 0 radical (unpaired) electrons. The molecule has 1 atom stereocenters. The number of aromatic nitrogens is 2. The number of likely N-dealkylation sites (N-methyl/N-ethyl adjacent to an activating group) is 1. The van der Waals surface area contributed by atoms with Crippen LogP contribution in [0.25, 0.3) is 28.2 Å². The summed E-state index contributed by atoms with van der Waals surface area (Å²) in [6, 6.07) is 31.1. The van der Waals surface area contributed by atoms with Crippen molar-refractivity contribution in [1.82, 2.24) is 14.1 Å². The van der Waals surface area contributed by atoms with E-state index in [4.69, 9.17) is 16.7 Å². The largest absolute Gasteiger partial charge is 0.480 e. The Hall–Kier alpha value is -3.76. The standard InChI is InChI=1S/C31H25BrClN3O4S/c1-35(30(31(37)38)19-21-5-3-2-4-6-21)41(39,40)27-17-15-26(16-18-27)36-29(23-7-11-24(32)12-8-23)20-28(34-36)22-9-13-25(33)14-10-22/h2-18,20,30H,19H2,1H3,(H,37,38)/t30-/m0/s1. The van der Waals surface area contributed by atoms with Crippen LogP contribution in [-0.2, 0) is 21.2 Å². The number of benzene rings is 4. The van der Waals surface area contributed by atoms with Crippen LogP contribution in [0.2, 0.25) is 5.02 Å². The second kappa shape index (κ2) is 12.0. The van der Waals surface area contributed by atoms with Crippen LogP contribution in [0.5, 0.6) is 0 Å². The van der Waals surface area contributed by atoms with Crippen LogP contribution in [-0.4, -0.2) is 46.7 Å². The van der Waals surface area contributed by atoms with E-state index in [2.05, 4.69) is 15.9 Å². The van der Waals surface area contributed by atoms with Gasteiger partial charge in [-0.1, -0.05) is 82.1 Å². The van der Waals surface area contributed by atoms with Crippen LogP contribution in [0, 0.1) is 0 Å². The molecule has 41 heavy (non-hydrogen) atoms. The molecule has 1 N–H and O–H groups in total. The van der Waals surface area contributed by atoms with Gasteiger partial charge in [-0.2, -0.15) is 9.40 Å². The van der Waals surface area contributed by atoms with Gasteiger partial charge in [0.1, 0.15) is 6.04 Å². The lowest BCUT2D eigenvalue weighted by atomic mass is 10.1. The van der Waals surface area contributed by atoms with Gasteiger partial charge in [0.15, 0.2) is 0 Å². The monoisotopic (exact) mass is 649 g/mol. The zero-order valence-corrected chi connectivity index (χ0v) is 25.0. The van der Waals surface area contributed by atoms with Gasteiger partial charge in [-0.05, 0) is 66.6 Å². The minimum absolute atomic E-state index is 0.0154. The van der Waals surface area contributed by atoms with E-state index in [0.717, 1.165) is 36.9 Å². The number of halogens is 2. The summed E-state index contributed by atoms with van der Waals surface area (Å²) in [7, 11) is -2.81. The van der Waals surface area contributed by atoms with Crippen LogP contribution in [0.3, 0.4) is 0 Å². The maximum atomic E-state index is 13.5. The number of hydrogen-bond acceptors (Lipinski definition) is 4.